The molecule has 0 aliphatic rings. The molecule has 0 aliphatic heterocycles. The van der Waals surface area contributed by atoms with Crippen molar-refractivity contribution < 1.29 is 4.79 Å². The van der Waals surface area contributed by atoms with Gasteiger partial charge in [-0.2, -0.15) is 10.2 Å². The maximum atomic E-state index is 12.1. The molecule has 0 aliphatic carbocycles. The normalized spacial score (nSPS) is 11.7. The second kappa shape index (κ2) is 7.30. The van der Waals surface area contributed by atoms with Crippen molar-refractivity contribution in [2.75, 3.05) is 0 Å². The molecule has 0 unspecified atom stereocenters. The number of nitrogens with zero attached hydrogens (tertiary/aromatic N) is 2. The van der Waals surface area contributed by atoms with Crippen molar-refractivity contribution in [3.63, 3.8) is 0 Å². The molecular weight excluding hydrogens is 312 g/mol. The molecule has 2 N–H and O–H groups in total. The lowest BCUT2D eigenvalue weighted by molar-refractivity contribution is -0.121. The van der Waals surface area contributed by atoms with Gasteiger partial charge in [0.2, 0.25) is 5.91 Å². The molecule has 25 heavy (non-hydrogen) atoms. The van der Waals surface area contributed by atoms with E-state index in [0.717, 1.165) is 33.6 Å². The lowest BCUT2D eigenvalue weighted by Crippen LogP contribution is -2.19. The van der Waals surface area contributed by atoms with E-state index in [4.69, 9.17) is 0 Å². The minimum atomic E-state index is -0.0971. The van der Waals surface area contributed by atoms with Crippen LogP contribution in [0.2, 0.25) is 0 Å². The maximum absolute atomic E-state index is 12.1. The van der Waals surface area contributed by atoms with E-state index in [1.165, 1.54) is 5.39 Å². The third-order valence-corrected chi connectivity index (χ3v) is 4.40. The molecule has 0 fully saturated rings. The molecule has 1 heterocycles. The zero-order valence-corrected chi connectivity index (χ0v) is 14.8. The average Bonchev–Trinajstić information content (AvgIpc) is 2.95. The highest BCUT2D eigenvalue weighted by Crippen LogP contribution is 2.16. The Balaban J connectivity index is 1.62. The van der Waals surface area contributed by atoms with Crippen LogP contribution >= 0.6 is 0 Å². The van der Waals surface area contributed by atoms with E-state index < -0.39 is 0 Å². The SMILES string of the molecule is C/C(=N/NC(=O)CCc1c(C)n[nH]c1C)c1ccc2ccccc2c1. The van der Waals surface area contributed by atoms with Crippen LogP contribution in [0, 0.1) is 13.8 Å². The standard InChI is InChI=1S/C20H22N4O/c1-13(17-9-8-16-6-4-5-7-18(16)12-17)21-24-20(25)11-10-19-14(2)22-23-15(19)3/h4-9,12H,10-11H2,1-3H3,(H,22,23)(H,24,25)/b21-13-. The number of nitrogens with one attached hydrogen (secondary N) is 2. The van der Waals surface area contributed by atoms with Crippen molar-refractivity contribution in [2.24, 2.45) is 5.10 Å². The molecule has 128 valence electrons. The van der Waals surface area contributed by atoms with E-state index in [1.807, 2.05) is 39.0 Å². The van der Waals surface area contributed by atoms with Gasteiger partial charge >= 0.3 is 0 Å². The predicted molar refractivity (Wildman–Crippen MR) is 101 cm³/mol. The summed E-state index contributed by atoms with van der Waals surface area (Å²) in [7, 11) is 0. The molecular formula is C20H22N4O. The third-order valence-electron chi connectivity index (χ3n) is 4.40. The number of carbonyl (C=O) groups excluding carboxylic acids is 1. The number of hydrogen-bond acceptors (Lipinski definition) is 3. The number of hydrazone groups is 1. The quantitative estimate of drug-likeness (QED) is 0.552. The number of aromatic amines is 1. The monoisotopic (exact) mass is 334 g/mol. The Bertz CT molecular complexity index is 920. The summed E-state index contributed by atoms with van der Waals surface area (Å²) < 4.78 is 0. The molecule has 0 bridgehead atoms. The van der Waals surface area contributed by atoms with Crippen molar-refractivity contribution >= 4 is 22.4 Å². The number of carbonyl (C=O) groups is 1. The molecule has 5 nitrogen and oxygen atoms in total. The first kappa shape index (κ1) is 16.9. The fourth-order valence-corrected chi connectivity index (χ4v) is 2.86. The highest BCUT2D eigenvalue weighted by molar-refractivity contribution is 6.02. The molecule has 0 saturated carbocycles. The number of aryl methyl sites for hydroxylation is 2. The first-order valence-electron chi connectivity index (χ1n) is 8.37. The van der Waals surface area contributed by atoms with Gasteiger partial charge in [-0.05, 0) is 55.2 Å². The van der Waals surface area contributed by atoms with Crippen molar-refractivity contribution in [3.8, 4) is 0 Å². The van der Waals surface area contributed by atoms with Crippen LogP contribution in [-0.2, 0) is 11.2 Å². The second-order valence-electron chi connectivity index (χ2n) is 6.21. The van der Waals surface area contributed by atoms with Gasteiger partial charge < -0.3 is 0 Å². The van der Waals surface area contributed by atoms with E-state index in [0.29, 0.717) is 12.8 Å². The van der Waals surface area contributed by atoms with Gasteiger partial charge in [0.25, 0.3) is 0 Å². The minimum absolute atomic E-state index is 0.0971. The zero-order chi connectivity index (χ0) is 17.8. The number of fused-ring (bicyclic) bond motifs is 1. The Hall–Kier alpha value is -2.95. The summed E-state index contributed by atoms with van der Waals surface area (Å²) in [5, 5.41) is 13.7. The topological polar surface area (TPSA) is 70.1 Å². The van der Waals surface area contributed by atoms with Gasteiger partial charge in [0.15, 0.2) is 0 Å². The third kappa shape index (κ3) is 3.94. The first-order valence-corrected chi connectivity index (χ1v) is 8.37. The van der Waals surface area contributed by atoms with Crippen molar-refractivity contribution in [3.05, 3.63) is 65.0 Å². The molecule has 0 atom stereocenters. The number of benzene rings is 2. The summed E-state index contributed by atoms with van der Waals surface area (Å²) in [6.07, 6.45) is 1.04. The van der Waals surface area contributed by atoms with Crippen LogP contribution in [0.25, 0.3) is 10.8 Å². The summed E-state index contributed by atoms with van der Waals surface area (Å²) in [5.74, 6) is -0.0971. The molecule has 1 aromatic heterocycles. The predicted octanol–water partition coefficient (Wildman–Crippen LogP) is 3.65. The lowest BCUT2D eigenvalue weighted by atomic mass is 10.0. The summed E-state index contributed by atoms with van der Waals surface area (Å²) in [6.45, 7) is 5.81. The number of aromatic nitrogens is 2. The fourth-order valence-electron chi connectivity index (χ4n) is 2.86. The van der Waals surface area contributed by atoms with Gasteiger partial charge in [0.05, 0.1) is 11.4 Å². The second-order valence-corrected chi connectivity index (χ2v) is 6.21. The van der Waals surface area contributed by atoms with Crippen LogP contribution in [0.5, 0.6) is 0 Å². The van der Waals surface area contributed by atoms with Crippen molar-refractivity contribution in [1.29, 1.82) is 0 Å². The molecule has 3 aromatic rings. The number of hydrogen-bond donors (Lipinski definition) is 2. The Morgan fingerprint density at radius 3 is 2.64 bits per heavy atom. The van der Waals surface area contributed by atoms with E-state index >= 15 is 0 Å². The molecule has 2 aromatic carbocycles. The van der Waals surface area contributed by atoms with Crippen molar-refractivity contribution in [2.45, 2.75) is 33.6 Å². The minimum Gasteiger partial charge on any atom is -0.282 e. The molecule has 0 saturated heterocycles. The van der Waals surface area contributed by atoms with E-state index in [9.17, 15) is 4.79 Å². The molecule has 1 amide bonds. The molecule has 5 heteroatoms. The van der Waals surface area contributed by atoms with E-state index in [2.05, 4.69) is 45.0 Å². The number of rotatable bonds is 5. The van der Waals surface area contributed by atoms with Gasteiger partial charge in [0, 0.05) is 12.1 Å². The molecule has 0 spiro atoms. The Morgan fingerprint density at radius 2 is 1.92 bits per heavy atom. The smallest absolute Gasteiger partial charge is 0.240 e. The van der Waals surface area contributed by atoms with E-state index in [-0.39, 0.29) is 5.91 Å². The average molecular weight is 334 g/mol. The van der Waals surface area contributed by atoms with E-state index in [1.54, 1.807) is 0 Å². The largest absolute Gasteiger partial charge is 0.282 e. The lowest BCUT2D eigenvalue weighted by Gasteiger charge is -2.05. The van der Waals surface area contributed by atoms with Crippen LogP contribution in [0.1, 0.15) is 35.9 Å². The Labute approximate surface area is 147 Å². The van der Waals surface area contributed by atoms with Gasteiger partial charge in [-0.25, -0.2) is 5.43 Å². The van der Waals surface area contributed by atoms with Crippen LogP contribution in [0.3, 0.4) is 0 Å². The highest BCUT2D eigenvalue weighted by Gasteiger charge is 2.09. The summed E-state index contributed by atoms with van der Waals surface area (Å²) in [6, 6.07) is 14.3. The van der Waals surface area contributed by atoms with Crippen LogP contribution in [0.15, 0.2) is 47.6 Å². The zero-order valence-electron chi connectivity index (χ0n) is 14.8. The van der Waals surface area contributed by atoms with Crippen LogP contribution < -0.4 is 5.43 Å². The number of amides is 1. The Morgan fingerprint density at radius 1 is 1.16 bits per heavy atom. The van der Waals surface area contributed by atoms with Gasteiger partial charge in [-0.15, -0.1) is 0 Å². The van der Waals surface area contributed by atoms with Crippen molar-refractivity contribution in [1.82, 2.24) is 15.6 Å². The fraction of sp³-hybridized carbons (Fsp3) is 0.250. The first-order chi connectivity index (χ1) is 12.0. The van der Waals surface area contributed by atoms with Gasteiger partial charge in [-0.3, -0.25) is 9.89 Å². The van der Waals surface area contributed by atoms with Gasteiger partial charge in [0.1, 0.15) is 0 Å². The van der Waals surface area contributed by atoms with Crippen LogP contribution in [-0.4, -0.2) is 21.8 Å². The molecule has 0 radical (unpaired) electrons. The number of H-pyrrole nitrogens is 1. The van der Waals surface area contributed by atoms with Crippen LogP contribution in [0.4, 0.5) is 0 Å². The highest BCUT2D eigenvalue weighted by atomic mass is 16.2. The summed E-state index contributed by atoms with van der Waals surface area (Å²) in [4.78, 5) is 12.1. The summed E-state index contributed by atoms with van der Waals surface area (Å²) in [5.41, 5.74) is 7.50. The Kier molecular flexibility index (Phi) is 4.93. The van der Waals surface area contributed by atoms with Gasteiger partial charge in [-0.1, -0.05) is 36.4 Å². The molecule has 3 rings (SSSR count). The maximum Gasteiger partial charge on any atom is 0.240 e. The summed E-state index contributed by atoms with van der Waals surface area (Å²) >= 11 is 0.